The van der Waals surface area contributed by atoms with E-state index in [2.05, 4.69) is 236 Å². The van der Waals surface area contributed by atoms with Gasteiger partial charge in [0.15, 0.2) is 0 Å². The molecule has 12 aliphatic carbocycles. The fraction of sp³-hybridized carbons (Fsp3) is 0.904. The maximum Gasteiger partial charge on any atom is -0.358 e. The summed E-state index contributed by atoms with van der Waals surface area (Å²) in [5, 5.41) is 0. The molecule has 846 valence electrons. The first-order chi connectivity index (χ1) is 59.1. The molecule has 0 saturated heterocycles. The monoisotopic (exact) mass is 2440 g/mol. The Morgan fingerprint density at radius 3 is 0.387 bits per heavy atom. The van der Waals surface area contributed by atoms with E-state index in [1.165, 1.54) is 392 Å². The summed E-state index contributed by atoms with van der Waals surface area (Å²) in [5.41, 5.74) is 1.49. The third kappa shape index (κ3) is 126. The minimum absolute atomic E-state index is 0. The van der Waals surface area contributed by atoms with Crippen molar-refractivity contribution in [3.05, 3.63) is 89.1 Å². The third-order valence-corrected chi connectivity index (χ3v) is 36.4. The van der Waals surface area contributed by atoms with Gasteiger partial charge in [0.05, 0.1) is 0 Å². The van der Waals surface area contributed by atoms with Gasteiger partial charge in [-0.05, 0) is 71.0 Å². The molecule has 2 unspecified atom stereocenters. The molecule has 137 heavy (non-hydrogen) atoms. The molecule has 12 fully saturated rings. The van der Waals surface area contributed by atoms with Crippen LogP contribution in [0.2, 0.25) is 0 Å². The fourth-order valence-electron chi connectivity index (χ4n) is 18.2. The van der Waals surface area contributed by atoms with E-state index < -0.39 is 0 Å². The van der Waals surface area contributed by atoms with Crippen LogP contribution in [0.3, 0.4) is 0 Å². The van der Waals surface area contributed by atoms with Crippen LogP contribution in [0.4, 0.5) is 0 Å². The second kappa shape index (κ2) is 122. The van der Waals surface area contributed by atoms with Crippen LogP contribution in [-0.4, -0.2) is 33.2 Å². The van der Waals surface area contributed by atoms with Crippen molar-refractivity contribution >= 4 is 0 Å². The number of hydrogen-bond donors (Lipinski definition) is 0. The van der Waals surface area contributed by atoms with Gasteiger partial charge < -0.3 is 89.1 Å². The summed E-state index contributed by atoms with van der Waals surface area (Å²) in [6, 6.07) is 0. The van der Waals surface area contributed by atoms with Gasteiger partial charge in [-0.25, -0.2) is 0 Å². The normalized spacial score (nSPS) is 18.6. The molecule has 0 aromatic carbocycles. The quantitative estimate of drug-likeness (QED) is 0.0765. The van der Waals surface area contributed by atoms with E-state index in [0.717, 1.165) is 89.8 Å². The van der Waals surface area contributed by atoms with Crippen molar-refractivity contribution in [1.29, 1.82) is 0 Å². The van der Waals surface area contributed by atoms with Gasteiger partial charge in [-0.1, -0.05) is 391 Å². The Kier molecular flexibility index (Phi) is 162. The molecule has 0 N–H and O–H groups in total. The van der Waals surface area contributed by atoms with Crippen LogP contribution in [-0.2, 0) is 118 Å². The van der Waals surface area contributed by atoms with E-state index in [0.29, 0.717) is 5.54 Å². The van der Waals surface area contributed by atoms with E-state index >= 15 is 0 Å². The number of rotatable bonds is 22. The Morgan fingerprint density at radius 2 is 0.343 bits per heavy atom. The topological polar surface area (TPSA) is 74.2 Å². The van der Waals surface area contributed by atoms with Crippen molar-refractivity contribution in [2.45, 2.75) is 652 Å². The summed E-state index contributed by atoms with van der Waals surface area (Å²) in [6.45, 7) is 69.9. The summed E-state index contributed by atoms with van der Waals surface area (Å²) >= 11 is 11.0. The second-order valence-corrected chi connectivity index (χ2v) is 47.9. The molecule has 0 radical (unpaired) electrons. The van der Waals surface area contributed by atoms with Crippen molar-refractivity contribution in [2.75, 3.05) is 0 Å². The first kappa shape index (κ1) is 182. The molecule has 0 spiro atoms. The maximum absolute atomic E-state index is 4.38. The second-order valence-electron chi connectivity index (χ2n) is 45.2. The van der Waals surface area contributed by atoms with Gasteiger partial charge in [-0.3, -0.25) is 0 Å². The largest absolute Gasteiger partial charge is 0.358 e. The Hall–Kier alpha value is 2.93. The molecule has 0 bridgehead atoms. The van der Waals surface area contributed by atoms with Gasteiger partial charge in [0.25, 0.3) is 0 Å². The van der Waals surface area contributed by atoms with Crippen molar-refractivity contribution in [3.63, 3.8) is 0 Å². The molecule has 2 atom stereocenters. The Bertz CT molecular complexity index is 1900. The summed E-state index contributed by atoms with van der Waals surface area (Å²) in [7, 11) is 0. The first-order valence-corrected chi connectivity index (χ1v) is 60.6. The van der Waals surface area contributed by atoms with Gasteiger partial charge in [0.2, 0.25) is 0 Å². The van der Waals surface area contributed by atoms with Crippen molar-refractivity contribution in [3.8, 4) is 0 Å². The molecule has 0 amide bonds. The van der Waals surface area contributed by atoms with Gasteiger partial charge in [-0.15, -0.1) is 0 Å². The smallest absolute Gasteiger partial charge is 0.358 e. The van der Waals surface area contributed by atoms with E-state index in [-0.39, 0.29) is 117 Å². The Morgan fingerprint density at radius 1 is 0.197 bits per heavy atom. The van der Waals surface area contributed by atoms with E-state index in [1.807, 2.05) is 118 Å². The molecule has 6 nitrogen and oxygen atoms in total. The van der Waals surface area contributed by atoms with Crippen LogP contribution in [0.5, 0.6) is 0 Å². The van der Waals surface area contributed by atoms with Crippen LogP contribution in [0.25, 0.3) is 0 Å². The van der Waals surface area contributed by atoms with Gasteiger partial charge >= 0.3 is 406 Å². The van der Waals surface area contributed by atoms with Crippen LogP contribution in [0.15, 0.2) is 21.0 Å². The third-order valence-electron chi connectivity index (χ3n) is 29.7. The summed E-state index contributed by atoms with van der Waals surface area (Å²) in [5.74, 6) is 13.3. The molecular formula is C125H268Mo6N6-12. The van der Waals surface area contributed by atoms with Gasteiger partial charge in [0.1, 0.15) is 0 Å². The summed E-state index contributed by atoms with van der Waals surface area (Å²) in [6.07, 6.45) is 89.5. The predicted octanol–water partition coefficient (Wildman–Crippen LogP) is 47.3. The molecule has 12 saturated carbocycles. The van der Waals surface area contributed by atoms with E-state index in [4.69, 9.17) is 0 Å². The number of unbranched alkanes of at least 4 members (excludes halogenated alkanes) is 1. The van der Waals surface area contributed by atoms with Gasteiger partial charge in [-0.2, -0.15) is 0 Å². The molecular weight excluding hydrogens is 2160 g/mol. The average Bonchev–Trinajstić information content (AvgIpc) is 1.80. The zero-order valence-corrected chi connectivity index (χ0v) is 115. The molecule has 12 aliphatic rings. The number of nitrogens with zero attached hydrogens (tertiary/aromatic N) is 6. The SMILES string of the molecule is CC(C)CC(C)(C)[N]=[Mo].CC1CCCC1.CC1CCCC1.CC1CCCC1.CC1CCCC1.CC1CCCC1.CC1CCCC1.CC1CCCC1.CC1CCCC1.CC1CCCC1.CC1CCCC1.CC1CCCC1.CC1CCCC1.CCC(C)(CC)[N]=[Mo].CCC(CC)(CC)[N]=[Mo].CCCC(C)(CC)[N]=[Mo].CCCC(C)(CC)[N]=[Mo].CCCCC(C)(C)[N]=[Mo].[CH3-].[CH3-].[CH3-].[CH3-].[CH3-].[CH3-].[CH3-].[CH3-].[CH3-].[CH3-].[CH3-].[CH3-]. The number of hydrogen-bond acceptors (Lipinski definition) is 6. The molecule has 12 rings (SSSR count). The van der Waals surface area contributed by atoms with Crippen LogP contribution < -0.4 is 0 Å². The van der Waals surface area contributed by atoms with Gasteiger partial charge in [0, 0.05) is 0 Å². The minimum atomic E-state index is 0. The van der Waals surface area contributed by atoms with Crippen molar-refractivity contribution < 1.29 is 118 Å². The fourth-order valence-corrected chi connectivity index (χ4v) is 21.3. The standard InChI is InChI=1S/5C7H15N.C6H13N.12C6H12.12CH3.6Mo/c1-6(2)5-7(3,4)8;1-4-5-6-7(2,3)8;2*1-4-6-7(3,8)5-2;1-4-7(8,5-2)6-3;1-4-6(3,7)5-2;12*1-6-4-2-3-5-6;;;;;;;;;;;;;;;;;;/h6H,5H2,1-4H3;4*4-6H2,1-3H3;4-5H2,1-3H3;12*6H,2-5H2,1H3;12*1H3;;;;;;/q;;;;;;;;;;;;;;;;;;12*-1;;;;;;. The summed E-state index contributed by atoms with van der Waals surface area (Å²) in [4.78, 5) is 0. The zero-order chi connectivity index (χ0) is 96.3. The average molecular weight is 2430 g/mol. The van der Waals surface area contributed by atoms with E-state index in [9.17, 15) is 0 Å². The molecule has 0 aliphatic heterocycles. The predicted molar refractivity (Wildman–Crippen MR) is 620 cm³/mol. The van der Waals surface area contributed by atoms with Crippen LogP contribution in [0.1, 0.15) is 619 Å². The first-order valence-electron chi connectivity index (χ1n) is 55.2. The maximum atomic E-state index is 4.38. The summed E-state index contributed by atoms with van der Waals surface area (Å²) < 4.78 is 25.9. The Balaban J connectivity index is -0.0000000682. The van der Waals surface area contributed by atoms with Crippen molar-refractivity contribution in [2.24, 2.45) is 97.9 Å². The molecule has 0 heterocycles. The van der Waals surface area contributed by atoms with Crippen molar-refractivity contribution in [1.82, 2.24) is 0 Å². The Labute approximate surface area is 947 Å². The van der Waals surface area contributed by atoms with Crippen LogP contribution in [0, 0.1) is 166 Å². The molecule has 0 aromatic rings. The minimum Gasteiger partial charge on any atom is -0.358 e. The molecule has 12 heteroatoms. The zero-order valence-electron chi connectivity index (χ0n) is 103. The van der Waals surface area contributed by atoms with E-state index in [1.54, 1.807) is 0 Å². The van der Waals surface area contributed by atoms with Crippen LogP contribution >= 0.6 is 0 Å². The molecule has 0 aromatic heterocycles.